The maximum atomic E-state index is 13.1. The molecule has 152 valence electrons. The lowest BCUT2D eigenvalue weighted by atomic mass is 9.84. The molecule has 0 radical (unpaired) electrons. The molecule has 0 spiro atoms. The smallest absolute Gasteiger partial charge is 0.256 e. The first-order chi connectivity index (χ1) is 13.4. The fourth-order valence-electron chi connectivity index (χ4n) is 3.51. The van der Waals surface area contributed by atoms with Crippen molar-refractivity contribution in [2.24, 2.45) is 5.92 Å². The SMILES string of the molecule is CCCC(=O)Nc1c(Cl)cc(Cl)cc1C(=O)N1CCN(C(=O)C2CCC2)CC1. The van der Waals surface area contributed by atoms with E-state index in [0.29, 0.717) is 49.7 Å². The van der Waals surface area contributed by atoms with E-state index in [1.165, 1.54) is 12.1 Å². The molecule has 6 nitrogen and oxygen atoms in total. The van der Waals surface area contributed by atoms with Gasteiger partial charge >= 0.3 is 0 Å². The van der Waals surface area contributed by atoms with Gasteiger partial charge in [0.15, 0.2) is 0 Å². The molecule has 1 saturated carbocycles. The minimum absolute atomic E-state index is 0.161. The van der Waals surface area contributed by atoms with Crippen LogP contribution in [0.3, 0.4) is 0 Å². The summed E-state index contributed by atoms with van der Waals surface area (Å²) in [6.45, 7) is 3.84. The fourth-order valence-corrected chi connectivity index (χ4v) is 4.05. The van der Waals surface area contributed by atoms with Gasteiger partial charge < -0.3 is 15.1 Å². The summed E-state index contributed by atoms with van der Waals surface area (Å²) in [5.41, 5.74) is 0.572. The zero-order chi connectivity index (χ0) is 20.3. The minimum Gasteiger partial charge on any atom is -0.339 e. The third kappa shape index (κ3) is 4.61. The van der Waals surface area contributed by atoms with E-state index < -0.39 is 0 Å². The third-order valence-corrected chi connectivity index (χ3v) is 5.88. The normalized spacial score (nSPS) is 17.2. The van der Waals surface area contributed by atoms with Crippen LogP contribution in [-0.4, -0.2) is 53.7 Å². The third-order valence-electron chi connectivity index (χ3n) is 5.36. The molecule has 3 rings (SSSR count). The topological polar surface area (TPSA) is 69.7 Å². The lowest BCUT2D eigenvalue weighted by Crippen LogP contribution is -2.52. The van der Waals surface area contributed by atoms with E-state index in [1.54, 1.807) is 4.90 Å². The van der Waals surface area contributed by atoms with Gasteiger partial charge in [-0.1, -0.05) is 36.5 Å². The standard InChI is InChI=1S/C20H25Cl2N3O3/c1-2-4-17(26)23-18-15(11-14(21)12-16(18)22)20(28)25-9-7-24(8-10-25)19(27)13-5-3-6-13/h11-13H,2-10H2,1H3,(H,23,26). The van der Waals surface area contributed by atoms with Crippen LogP contribution in [-0.2, 0) is 9.59 Å². The highest BCUT2D eigenvalue weighted by atomic mass is 35.5. The Labute approximate surface area is 175 Å². The van der Waals surface area contributed by atoms with Crippen molar-refractivity contribution in [2.75, 3.05) is 31.5 Å². The van der Waals surface area contributed by atoms with Crippen molar-refractivity contribution in [1.29, 1.82) is 0 Å². The van der Waals surface area contributed by atoms with Crippen LogP contribution in [0, 0.1) is 5.92 Å². The Morgan fingerprint density at radius 3 is 2.29 bits per heavy atom. The molecule has 2 aliphatic rings. The Hall–Kier alpha value is -1.79. The minimum atomic E-state index is -0.244. The number of nitrogens with zero attached hydrogens (tertiary/aromatic N) is 2. The highest BCUT2D eigenvalue weighted by Crippen LogP contribution is 2.32. The van der Waals surface area contributed by atoms with Crippen molar-refractivity contribution in [3.05, 3.63) is 27.7 Å². The van der Waals surface area contributed by atoms with Crippen LogP contribution in [0.25, 0.3) is 0 Å². The van der Waals surface area contributed by atoms with E-state index in [-0.39, 0.29) is 34.2 Å². The number of piperazine rings is 1. The number of halogens is 2. The molecule has 2 fully saturated rings. The van der Waals surface area contributed by atoms with Gasteiger partial charge in [-0.3, -0.25) is 14.4 Å². The summed E-state index contributed by atoms with van der Waals surface area (Å²) in [5.74, 6) is -0.0744. The van der Waals surface area contributed by atoms with Crippen molar-refractivity contribution in [3.8, 4) is 0 Å². The molecular weight excluding hydrogens is 401 g/mol. The summed E-state index contributed by atoms with van der Waals surface area (Å²) in [5, 5.41) is 3.31. The second-order valence-corrected chi connectivity index (χ2v) is 8.20. The maximum absolute atomic E-state index is 13.1. The number of rotatable bonds is 5. The highest BCUT2D eigenvalue weighted by molar-refractivity contribution is 6.38. The van der Waals surface area contributed by atoms with E-state index in [2.05, 4.69) is 5.32 Å². The molecule has 0 atom stereocenters. The highest BCUT2D eigenvalue weighted by Gasteiger charge is 2.33. The molecule has 1 aliphatic carbocycles. The molecule has 0 bridgehead atoms. The molecule has 0 aromatic heterocycles. The Balaban J connectivity index is 1.71. The molecule has 1 aromatic carbocycles. The predicted molar refractivity (Wildman–Crippen MR) is 110 cm³/mol. The molecule has 8 heteroatoms. The number of hydrogen-bond donors (Lipinski definition) is 1. The van der Waals surface area contributed by atoms with Crippen LogP contribution < -0.4 is 5.32 Å². The quantitative estimate of drug-likeness (QED) is 0.779. The van der Waals surface area contributed by atoms with Crippen molar-refractivity contribution >= 4 is 46.6 Å². The van der Waals surface area contributed by atoms with Crippen molar-refractivity contribution < 1.29 is 14.4 Å². The van der Waals surface area contributed by atoms with Gasteiger partial charge in [-0.2, -0.15) is 0 Å². The molecule has 28 heavy (non-hydrogen) atoms. The average Bonchev–Trinajstić information content (AvgIpc) is 2.62. The first kappa shape index (κ1) is 20.9. The Kier molecular flexibility index (Phi) is 6.83. The number of carbonyl (C=O) groups is 3. The summed E-state index contributed by atoms with van der Waals surface area (Å²) >= 11 is 12.4. The van der Waals surface area contributed by atoms with Gasteiger partial charge in [0.25, 0.3) is 5.91 Å². The summed E-state index contributed by atoms with van der Waals surface area (Å²) in [6.07, 6.45) is 4.10. The second kappa shape index (κ2) is 9.14. The van der Waals surface area contributed by atoms with Crippen LogP contribution in [0.4, 0.5) is 5.69 Å². The number of amides is 3. The van der Waals surface area contributed by atoms with Gasteiger partial charge in [0.2, 0.25) is 11.8 Å². The molecule has 1 aromatic rings. The zero-order valence-corrected chi connectivity index (χ0v) is 17.5. The van der Waals surface area contributed by atoms with Crippen LogP contribution in [0.15, 0.2) is 12.1 Å². The lowest BCUT2D eigenvalue weighted by molar-refractivity contribution is -0.139. The number of hydrogen-bond acceptors (Lipinski definition) is 3. The molecule has 1 heterocycles. The average molecular weight is 426 g/mol. The number of nitrogens with one attached hydrogen (secondary N) is 1. The maximum Gasteiger partial charge on any atom is 0.256 e. The number of carbonyl (C=O) groups excluding carboxylic acids is 3. The van der Waals surface area contributed by atoms with Crippen molar-refractivity contribution in [1.82, 2.24) is 9.80 Å². The van der Waals surface area contributed by atoms with Gasteiger partial charge in [-0.05, 0) is 31.4 Å². The van der Waals surface area contributed by atoms with Gasteiger partial charge in [0.05, 0.1) is 16.3 Å². The van der Waals surface area contributed by atoms with E-state index >= 15 is 0 Å². The molecule has 1 saturated heterocycles. The van der Waals surface area contributed by atoms with Crippen molar-refractivity contribution in [3.63, 3.8) is 0 Å². The summed E-state index contributed by atoms with van der Waals surface area (Å²) < 4.78 is 0. The van der Waals surface area contributed by atoms with Gasteiger partial charge in [0, 0.05) is 43.5 Å². The second-order valence-electron chi connectivity index (χ2n) is 7.35. The summed E-state index contributed by atoms with van der Waals surface area (Å²) in [6, 6.07) is 3.04. The van der Waals surface area contributed by atoms with Crippen molar-refractivity contribution in [2.45, 2.75) is 39.0 Å². The van der Waals surface area contributed by atoms with Crippen LogP contribution in [0.5, 0.6) is 0 Å². The zero-order valence-electron chi connectivity index (χ0n) is 16.0. The molecule has 3 amide bonds. The molecule has 1 aliphatic heterocycles. The Morgan fingerprint density at radius 2 is 1.71 bits per heavy atom. The Morgan fingerprint density at radius 1 is 1.07 bits per heavy atom. The van der Waals surface area contributed by atoms with Gasteiger partial charge in [-0.25, -0.2) is 0 Å². The largest absolute Gasteiger partial charge is 0.339 e. The van der Waals surface area contributed by atoms with Gasteiger partial charge in [0.1, 0.15) is 0 Å². The molecule has 0 unspecified atom stereocenters. The molecule has 1 N–H and O–H groups in total. The van der Waals surface area contributed by atoms with Gasteiger partial charge in [-0.15, -0.1) is 0 Å². The lowest BCUT2D eigenvalue weighted by Gasteiger charge is -2.38. The van der Waals surface area contributed by atoms with Crippen LogP contribution in [0.2, 0.25) is 10.0 Å². The van der Waals surface area contributed by atoms with Crippen LogP contribution >= 0.6 is 23.2 Å². The number of benzene rings is 1. The predicted octanol–water partition coefficient (Wildman–Crippen LogP) is 3.82. The first-order valence-corrected chi connectivity index (χ1v) is 10.5. The van der Waals surface area contributed by atoms with Crippen LogP contribution in [0.1, 0.15) is 49.4 Å². The first-order valence-electron chi connectivity index (χ1n) is 9.77. The number of anilines is 1. The van der Waals surface area contributed by atoms with E-state index in [1.807, 2.05) is 11.8 Å². The fraction of sp³-hybridized carbons (Fsp3) is 0.550. The monoisotopic (exact) mass is 425 g/mol. The van der Waals surface area contributed by atoms with E-state index in [4.69, 9.17) is 23.2 Å². The van der Waals surface area contributed by atoms with E-state index in [0.717, 1.165) is 19.3 Å². The Bertz CT molecular complexity index is 772. The summed E-state index contributed by atoms with van der Waals surface area (Å²) in [7, 11) is 0. The summed E-state index contributed by atoms with van der Waals surface area (Å²) in [4.78, 5) is 41.1. The molecular formula is C20H25Cl2N3O3. The van der Waals surface area contributed by atoms with E-state index in [9.17, 15) is 14.4 Å².